The van der Waals surface area contributed by atoms with Gasteiger partial charge in [-0.25, -0.2) is 13.2 Å². The summed E-state index contributed by atoms with van der Waals surface area (Å²) >= 11 is 0. The maximum absolute atomic E-state index is 12.8. The summed E-state index contributed by atoms with van der Waals surface area (Å²) in [6.07, 6.45) is 16.2. The number of hydroxylamine groups is 2. The van der Waals surface area contributed by atoms with Crippen molar-refractivity contribution < 1.29 is 50.1 Å². The Hall–Kier alpha value is -4.41. The first kappa shape index (κ1) is 38.8. The predicted molar refractivity (Wildman–Crippen MR) is 201 cm³/mol. The smallest absolute Gasteiger partial charge is 0.333 e. The number of imide groups is 1. The zero-order valence-corrected chi connectivity index (χ0v) is 32.7. The van der Waals surface area contributed by atoms with Gasteiger partial charge >= 0.3 is 5.97 Å². The van der Waals surface area contributed by atoms with E-state index in [0.717, 1.165) is 64.5 Å². The second kappa shape index (κ2) is 14.3. The summed E-state index contributed by atoms with van der Waals surface area (Å²) < 4.78 is 73.0. The minimum atomic E-state index is -4.70. The number of amides is 2. The quantitative estimate of drug-likeness (QED) is 0.135. The van der Waals surface area contributed by atoms with Gasteiger partial charge in [0.1, 0.15) is 26.9 Å². The van der Waals surface area contributed by atoms with Gasteiger partial charge in [-0.3, -0.25) is 19.0 Å². The van der Waals surface area contributed by atoms with Crippen LogP contribution in [0, 0.1) is 0 Å². The fraction of sp³-hybridized carbons (Fsp3) is 0.425. The van der Waals surface area contributed by atoms with Crippen LogP contribution in [0.15, 0.2) is 81.9 Å². The van der Waals surface area contributed by atoms with Crippen molar-refractivity contribution in [1.29, 1.82) is 0 Å². The van der Waals surface area contributed by atoms with E-state index in [1.807, 2.05) is 51.2 Å². The summed E-state index contributed by atoms with van der Waals surface area (Å²) in [7, 11) is -9.28. The number of hydrogen-bond donors (Lipinski definition) is 2. The number of aryl methyl sites for hydroxylation is 1. The summed E-state index contributed by atoms with van der Waals surface area (Å²) in [6, 6.07) is 6.43. The fourth-order valence-electron chi connectivity index (χ4n) is 9.08. The highest BCUT2D eigenvalue weighted by Gasteiger charge is 2.47. The van der Waals surface area contributed by atoms with E-state index in [1.165, 1.54) is 12.1 Å². The Morgan fingerprint density at radius 3 is 2.33 bits per heavy atom. The molecule has 1 saturated heterocycles. The van der Waals surface area contributed by atoms with Gasteiger partial charge in [-0.2, -0.15) is 8.42 Å². The zero-order valence-electron chi connectivity index (χ0n) is 31.1. The molecule has 2 aromatic carbocycles. The van der Waals surface area contributed by atoms with Gasteiger partial charge < -0.3 is 14.3 Å². The van der Waals surface area contributed by atoms with E-state index in [1.54, 1.807) is 12.1 Å². The molecule has 5 aliphatic heterocycles. The highest BCUT2D eigenvalue weighted by molar-refractivity contribution is 7.86. The van der Waals surface area contributed by atoms with Crippen LogP contribution in [0.1, 0.15) is 94.4 Å². The summed E-state index contributed by atoms with van der Waals surface area (Å²) in [5.41, 5.74) is 4.98. The van der Waals surface area contributed by atoms with E-state index in [-0.39, 0.29) is 29.1 Å². The Labute approximate surface area is 321 Å². The number of nitrogens with zero attached hydrogens (tertiary/aromatic N) is 2. The molecule has 0 bridgehead atoms. The van der Waals surface area contributed by atoms with E-state index in [4.69, 9.17) is 4.84 Å². The molecular weight excluding hydrogens is 747 g/mol. The first-order valence-corrected chi connectivity index (χ1v) is 21.5. The second-order valence-corrected chi connectivity index (χ2v) is 18.3. The van der Waals surface area contributed by atoms with Crippen LogP contribution in [0.5, 0.6) is 0 Å². The molecule has 15 heteroatoms. The van der Waals surface area contributed by atoms with Crippen molar-refractivity contribution in [2.75, 3.05) is 18.0 Å². The molecule has 292 valence electrons. The number of nitrogens with one attached hydrogen (secondary N) is 1. The highest BCUT2D eigenvalue weighted by Crippen LogP contribution is 2.53. The third-order valence-corrected chi connectivity index (χ3v) is 13.5. The van der Waals surface area contributed by atoms with E-state index < -0.39 is 48.8 Å². The number of anilines is 1. The van der Waals surface area contributed by atoms with Gasteiger partial charge in [-0.15, -0.1) is 5.06 Å². The summed E-state index contributed by atoms with van der Waals surface area (Å²) in [4.78, 5) is 43.8. The topological polar surface area (TPSA) is 183 Å². The van der Waals surface area contributed by atoms with Crippen LogP contribution in [-0.4, -0.2) is 61.9 Å². The molecule has 0 aliphatic carbocycles. The molecule has 0 spiro atoms. The van der Waals surface area contributed by atoms with Crippen molar-refractivity contribution in [1.82, 2.24) is 5.06 Å². The molecule has 5 heterocycles. The van der Waals surface area contributed by atoms with Crippen molar-refractivity contribution in [3.63, 3.8) is 0 Å². The molecule has 2 amide bonds. The van der Waals surface area contributed by atoms with Crippen LogP contribution in [0.4, 0.5) is 11.4 Å². The van der Waals surface area contributed by atoms with E-state index >= 15 is 0 Å². The normalized spacial score (nSPS) is 23.6. The second-order valence-electron chi connectivity index (χ2n) is 15.6. The number of unbranched alkanes of at least 4 members (excludes halogenated alkanes) is 2. The predicted octanol–water partition coefficient (Wildman–Crippen LogP) is 4.36. The molecule has 2 N–H and O–H groups in total. The maximum Gasteiger partial charge on any atom is 0.333 e. The number of rotatable bonds is 12. The van der Waals surface area contributed by atoms with E-state index in [9.17, 15) is 40.3 Å². The molecule has 55 heavy (non-hydrogen) atoms. The van der Waals surface area contributed by atoms with Gasteiger partial charge in [0.15, 0.2) is 0 Å². The van der Waals surface area contributed by atoms with Gasteiger partial charge in [0.05, 0.1) is 11.4 Å². The van der Waals surface area contributed by atoms with Crippen molar-refractivity contribution in [2.24, 2.45) is 0 Å². The molecule has 2 atom stereocenters. The van der Waals surface area contributed by atoms with Crippen molar-refractivity contribution in [2.45, 2.75) is 106 Å². The van der Waals surface area contributed by atoms with Crippen LogP contribution < -0.4 is 9.80 Å². The number of allylic oxidation sites excluding steroid dienone is 7. The average Bonchev–Trinajstić information content (AvgIpc) is 3.74. The molecule has 13 nitrogen and oxygen atoms in total. The van der Waals surface area contributed by atoms with Crippen LogP contribution in [0.25, 0.3) is 0 Å². The van der Waals surface area contributed by atoms with E-state index in [0.29, 0.717) is 48.4 Å². The SMILES string of the molecule is CC1(CCCCCC(=O)ON2C(=O)CCC2=O)C(/C=C/C=C/C=C2/N3CCCc4ccc(S(=O)(=O)[O-])c(c43)C2(C)C)=C[NH+]2CCc3ccc(S(=O)(=O)O)c1c32. The Balaban J connectivity index is 1.13. The zero-order chi connectivity index (χ0) is 39.5. The van der Waals surface area contributed by atoms with E-state index in [2.05, 4.69) is 11.1 Å². The average molecular weight is 792 g/mol. The van der Waals surface area contributed by atoms with Gasteiger partial charge in [-0.1, -0.05) is 70.0 Å². The molecule has 7 rings (SSSR count). The maximum atomic E-state index is 12.8. The summed E-state index contributed by atoms with van der Waals surface area (Å²) in [6.45, 7) is 7.26. The lowest BCUT2D eigenvalue weighted by Crippen LogP contribution is -3.02. The van der Waals surface area contributed by atoms with Crippen LogP contribution in [0.2, 0.25) is 0 Å². The Bertz CT molecular complexity index is 2330. The van der Waals surface area contributed by atoms with Gasteiger partial charge in [-0.05, 0) is 49.5 Å². The Morgan fingerprint density at radius 1 is 0.909 bits per heavy atom. The van der Waals surface area contributed by atoms with Crippen LogP contribution >= 0.6 is 0 Å². The molecule has 0 saturated carbocycles. The Kier molecular flexibility index (Phi) is 10.1. The monoisotopic (exact) mass is 791 g/mol. The number of quaternary nitrogens is 1. The summed E-state index contributed by atoms with van der Waals surface area (Å²) in [5.74, 6) is -1.75. The van der Waals surface area contributed by atoms with Crippen LogP contribution in [-0.2, 0) is 63.1 Å². The molecule has 2 unspecified atom stereocenters. The lowest BCUT2D eigenvalue weighted by Gasteiger charge is -2.37. The number of hydrogen-bond acceptors (Lipinski definition) is 10. The number of carbonyl (C=O) groups is 3. The van der Waals surface area contributed by atoms with Gasteiger partial charge in [0, 0.05) is 76.7 Å². The molecule has 5 aliphatic rings. The largest absolute Gasteiger partial charge is 0.744 e. The lowest BCUT2D eigenvalue weighted by atomic mass is 9.69. The number of benzene rings is 2. The molecule has 0 aromatic heterocycles. The first-order valence-electron chi connectivity index (χ1n) is 18.7. The fourth-order valence-corrected chi connectivity index (χ4v) is 10.7. The summed E-state index contributed by atoms with van der Waals surface area (Å²) in [5, 5.41) is 0.537. The molecule has 0 radical (unpaired) electrons. The standard InChI is InChI=1S/C40H45N3O10S2/c1-39(2)31(42-23-10-11-26-15-17-29(54(47,48)49)35(39)38(26)42)13-7-4-6-12-28-25-41-24-21-27-16-18-30(55(50,51)52)36(37(27)41)40(28,3)22-9-5-8-14-34(46)53-43-32(44)19-20-33(43)45/h4,6-7,12-13,15-18,25H,5,8-11,14,19-24H2,1-3H3,(H,47,48,49)(H,50,51,52)/b7-4+,12-6+,31-13+. The minimum absolute atomic E-state index is 0.000244. The lowest BCUT2D eigenvalue weighted by molar-refractivity contribution is -0.770. The third kappa shape index (κ3) is 7.01. The molecule has 1 fully saturated rings. The van der Waals surface area contributed by atoms with Crippen molar-refractivity contribution >= 4 is 49.4 Å². The van der Waals surface area contributed by atoms with Gasteiger partial charge in [0.2, 0.25) is 0 Å². The number of carbonyl (C=O) groups excluding carboxylic acids is 3. The van der Waals surface area contributed by atoms with Gasteiger partial charge in [0.25, 0.3) is 21.9 Å². The minimum Gasteiger partial charge on any atom is -0.744 e. The van der Waals surface area contributed by atoms with Crippen LogP contribution in [0.3, 0.4) is 0 Å². The van der Waals surface area contributed by atoms with Crippen molar-refractivity contribution in [3.8, 4) is 0 Å². The first-order chi connectivity index (χ1) is 25.9. The molecule has 2 aromatic rings. The highest BCUT2D eigenvalue weighted by atomic mass is 32.2. The van der Waals surface area contributed by atoms with Crippen molar-refractivity contribution in [3.05, 3.63) is 94.4 Å². The Morgan fingerprint density at radius 2 is 1.62 bits per heavy atom. The molecular formula is C40H45N3O10S2. The third-order valence-electron chi connectivity index (χ3n) is 11.7.